The van der Waals surface area contributed by atoms with Gasteiger partial charge in [-0.15, -0.1) is 12.4 Å². The summed E-state index contributed by atoms with van der Waals surface area (Å²) < 4.78 is 1.89. The number of nitrogens with one attached hydrogen (secondary N) is 3. The van der Waals surface area contributed by atoms with E-state index in [9.17, 15) is 4.79 Å². The molecule has 0 saturated carbocycles. The second kappa shape index (κ2) is 6.73. The highest BCUT2D eigenvalue weighted by molar-refractivity contribution is 5.92. The molecule has 114 valence electrons. The third-order valence-electron chi connectivity index (χ3n) is 3.60. The fourth-order valence-corrected chi connectivity index (χ4v) is 2.44. The lowest BCUT2D eigenvalue weighted by Crippen LogP contribution is -2.34. The van der Waals surface area contributed by atoms with Crippen LogP contribution in [0.2, 0.25) is 0 Å². The van der Waals surface area contributed by atoms with E-state index in [-0.39, 0.29) is 24.2 Å². The van der Waals surface area contributed by atoms with Crippen LogP contribution < -0.4 is 10.6 Å². The zero-order chi connectivity index (χ0) is 13.9. The standard InChI is InChI=1S/C13H18N6O.ClH/c1-19-7-6-15-12(19)10-8-11(18-17-10)16-13(20)9-2-4-14-5-3-9;/h6-9,14H,2-5H2,1H3,(H2,16,17,18,20);1H. The molecule has 1 aliphatic rings. The van der Waals surface area contributed by atoms with Crippen LogP contribution in [0.4, 0.5) is 5.82 Å². The topological polar surface area (TPSA) is 87.6 Å². The number of carbonyl (C=O) groups is 1. The highest BCUT2D eigenvalue weighted by atomic mass is 35.5. The van der Waals surface area contributed by atoms with Gasteiger partial charge < -0.3 is 15.2 Å². The number of anilines is 1. The summed E-state index contributed by atoms with van der Waals surface area (Å²) in [6.45, 7) is 1.80. The Morgan fingerprint density at radius 1 is 1.43 bits per heavy atom. The molecule has 0 radical (unpaired) electrons. The van der Waals surface area contributed by atoms with E-state index < -0.39 is 0 Å². The average molecular weight is 311 g/mol. The van der Waals surface area contributed by atoms with Gasteiger partial charge in [-0.1, -0.05) is 0 Å². The third kappa shape index (κ3) is 3.43. The Bertz CT molecular complexity index is 601. The van der Waals surface area contributed by atoms with Crippen molar-refractivity contribution in [1.29, 1.82) is 0 Å². The van der Waals surface area contributed by atoms with E-state index >= 15 is 0 Å². The van der Waals surface area contributed by atoms with Crippen LogP contribution in [-0.2, 0) is 11.8 Å². The molecule has 2 aromatic heterocycles. The van der Waals surface area contributed by atoms with Crippen LogP contribution >= 0.6 is 12.4 Å². The zero-order valence-corrected chi connectivity index (χ0v) is 12.6. The molecule has 1 aliphatic heterocycles. The highest BCUT2D eigenvalue weighted by Gasteiger charge is 2.21. The molecule has 0 spiro atoms. The lowest BCUT2D eigenvalue weighted by atomic mass is 9.97. The van der Waals surface area contributed by atoms with E-state index in [2.05, 4.69) is 25.8 Å². The number of rotatable bonds is 3. The summed E-state index contributed by atoms with van der Waals surface area (Å²) >= 11 is 0. The van der Waals surface area contributed by atoms with Crippen LogP contribution in [0.1, 0.15) is 12.8 Å². The number of amides is 1. The summed E-state index contributed by atoms with van der Waals surface area (Å²) in [4.78, 5) is 16.4. The molecule has 1 amide bonds. The number of piperidine rings is 1. The van der Waals surface area contributed by atoms with Crippen LogP contribution in [0, 0.1) is 5.92 Å². The Hall–Kier alpha value is -1.86. The van der Waals surface area contributed by atoms with E-state index in [0.29, 0.717) is 5.82 Å². The lowest BCUT2D eigenvalue weighted by molar-refractivity contribution is -0.120. The number of aromatic nitrogens is 4. The minimum absolute atomic E-state index is 0. The fraction of sp³-hybridized carbons (Fsp3) is 0.462. The highest BCUT2D eigenvalue weighted by Crippen LogP contribution is 2.19. The summed E-state index contributed by atoms with van der Waals surface area (Å²) in [5.41, 5.74) is 0.790. The molecule has 1 saturated heterocycles. The van der Waals surface area contributed by atoms with Gasteiger partial charge in [0.25, 0.3) is 0 Å². The maximum Gasteiger partial charge on any atom is 0.228 e. The molecule has 8 heteroatoms. The number of H-pyrrole nitrogens is 1. The zero-order valence-electron chi connectivity index (χ0n) is 11.8. The Kier molecular flexibility index (Phi) is 4.98. The first-order chi connectivity index (χ1) is 9.74. The molecule has 2 aromatic rings. The summed E-state index contributed by atoms with van der Waals surface area (Å²) in [6.07, 6.45) is 5.35. The van der Waals surface area contributed by atoms with E-state index in [1.54, 1.807) is 12.3 Å². The van der Waals surface area contributed by atoms with Crippen molar-refractivity contribution >= 4 is 24.1 Å². The molecule has 0 unspecified atom stereocenters. The molecular formula is C13H19ClN6O. The van der Waals surface area contributed by atoms with Crippen molar-refractivity contribution in [2.24, 2.45) is 13.0 Å². The van der Waals surface area contributed by atoms with Crippen molar-refractivity contribution in [3.05, 3.63) is 18.5 Å². The third-order valence-corrected chi connectivity index (χ3v) is 3.60. The van der Waals surface area contributed by atoms with Crippen LogP contribution in [0.3, 0.4) is 0 Å². The van der Waals surface area contributed by atoms with Gasteiger partial charge in [-0.05, 0) is 25.9 Å². The molecule has 3 heterocycles. The van der Waals surface area contributed by atoms with Crippen LogP contribution in [0.5, 0.6) is 0 Å². The number of aromatic amines is 1. The maximum absolute atomic E-state index is 12.1. The molecule has 3 rings (SSSR count). The van der Waals surface area contributed by atoms with Crippen LogP contribution in [-0.4, -0.2) is 38.7 Å². The van der Waals surface area contributed by atoms with Gasteiger partial charge in [0.05, 0.1) is 0 Å². The molecule has 0 atom stereocenters. The smallest absolute Gasteiger partial charge is 0.228 e. The predicted octanol–water partition coefficient (Wildman–Crippen LogP) is 1.17. The minimum Gasteiger partial charge on any atom is -0.333 e. The molecule has 1 fully saturated rings. The first-order valence-electron chi connectivity index (χ1n) is 6.79. The number of hydrogen-bond donors (Lipinski definition) is 3. The van der Waals surface area contributed by atoms with E-state index in [4.69, 9.17) is 0 Å². The quantitative estimate of drug-likeness (QED) is 0.794. The lowest BCUT2D eigenvalue weighted by Gasteiger charge is -2.21. The average Bonchev–Trinajstić information content (AvgIpc) is 3.08. The van der Waals surface area contributed by atoms with E-state index in [0.717, 1.165) is 37.4 Å². The molecule has 0 bridgehead atoms. The number of aryl methyl sites for hydroxylation is 1. The molecule has 7 nitrogen and oxygen atoms in total. The molecule has 21 heavy (non-hydrogen) atoms. The Morgan fingerprint density at radius 3 is 2.86 bits per heavy atom. The number of nitrogens with zero attached hydrogens (tertiary/aromatic N) is 3. The molecular weight excluding hydrogens is 292 g/mol. The predicted molar refractivity (Wildman–Crippen MR) is 82.3 cm³/mol. The summed E-state index contributed by atoms with van der Waals surface area (Å²) in [7, 11) is 1.91. The SMILES string of the molecule is Cl.Cn1ccnc1-c1cc(NC(=O)C2CCNCC2)n[nH]1. The second-order valence-corrected chi connectivity index (χ2v) is 5.04. The van der Waals surface area contributed by atoms with Crippen molar-refractivity contribution in [3.63, 3.8) is 0 Å². The van der Waals surface area contributed by atoms with Gasteiger partial charge in [0, 0.05) is 31.4 Å². The summed E-state index contributed by atoms with van der Waals surface area (Å²) in [5.74, 6) is 1.46. The summed E-state index contributed by atoms with van der Waals surface area (Å²) in [6, 6.07) is 1.81. The van der Waals surface area contributed by atoms with Gasteiger partial charge in [-0.2, -0.15) is 5.10 Å². The van der Waals surface area contributed by atoms with Crippen molar-refractivity contribution < 1.29 is 4.79 Å². The van der Waals surface area contributed by atoms with E-state index in [1.807, 2.05) is 17.8 Å². The number of hydrogen-bond acceptors (Lipinski definition) is 4. The second-order valence-electron chi connectivity index (χ2n) is 5.04. The fourth-order valence-electron chi connectivity index (χ4n) is 2.44. The van der Waals surface area contributed by atoms with Crippen molar-refractivity contribution in [1.82, 2.24) is 25.1 Å². The van der Waals surface area contributed by atoms with E-state index in [1.165, 1.54) is 0 Å². The first kappa shape index (κ1) is 15.5. The normalized spacial score (nSPS) is 15.5. The van der Waals surface area contributed by atoms with Gasteiger partial charge in [0.15, 0.2) is 11.6 Å². The van der Waals surface area contributed by atoms with Crippen molar-refractivity contribution in [2.45, 2.75) is 12.8 Å². The Morgan fingerprint density at radius 2 is 2.19 bits per heavy atom. The first-order valence-corrected chi connectivity index (χ1v) is 6.79. The van der Waals surface area contributed by atoms with Gasteiger partial charge in [0.2, 0.25) is 5.91 Å². The number of imidazole rings is 1. The monoisotopic (exact) mass is 310 g/mol. The number of carbonyl (C=O) groups excluding carboxylic acids is 1. The minimum atomic E-state index is 0. The largest absolute Gasteiger partial charge is 0.333 e. The van der Waals surface area contributed by atoms with Crippen LogP contribution in [0.15, 0.2) is 18.5 Å². The van der Waals surface area contributed by atoms with Gasteiger partial charge in [-0.3, -0.25) is 9.89 Å². The van der Waals surface area contributed by atoms with Gasteiger partial charge >= 0.3 is 0 Å². The maximum atomic E-state index is 12.1. The molecule has 0 aliphatic carbocycles. The molecule has 3 N–H and O–H groups in total. The Labute approximate surface area is 128 Å². The van der Waals surface area contributed by atoms with Crippen molar-refractivity contribution in [2.75, 3.05) is 18.4 Å². The summed E-state index contributed by atoms with van der Waals surface area (Å²) in [5, 5.41) is 13.1. The van der Waals surface area contributed by atoms with Crippen LogP contribution in [0.25, 0.3) is 11.5 Å². The van der Waals surface area contributed by atoms with Crippen molar-refractivity contribution in [3.8, 4) is 11.5 Å². The number of halogens is 1. The Balaban J connectivity index is 0.00000161. The van der Waals surface area contributed by atoms with Gasteiger partial charge in [0.1, 0.15) is 5.69 Å². The molecule has 0 aromatic carbocycles. The van der Waals surface area contributed by atoms with Gasteiger partial charge in [-0.25, -0.2) is 4.98 Å².